The van der Waals surface area contributed by atoms with Gasteiger partial charge in [0.15, 0.2) is 5.78 Å². The van der Waals surface area contributed by atoms with Gasteiger partial charge >= 0.3 is 0 Å². The summed E-state index contributed by atoms with van der Waals surface area (Å²) in [6, 6.07) is 17.4. The molecule has 0 aliphatic rings. The summed E-state index contributed by atoms with van der Waals surface area (Å²) in [5, 5.41) is 19.8. The average molecular weight is 446 g/mol. The van der Waals surface area contributed by atoms with E-state index in [1.165, 1.54) is 0 Å². The Kier molecular flexibility index (Phi) is 4.77. The molecular weight excluding hydrogens is 428 g/mol. The number of hydrogen-bond acceptors (Lipinski definition) is 7. The zero-order valence-electron chi connectivity index (χ0n) is 17.9. The van der Waals surface area contributed by atoms with Gasteiger partial charge in [-0.25, -0.2) is 9.97 Å². The minimum absolute atomic E-state index is 0.00568. The first-order valence-corrected chi connectivity index (χ1v) is 10.7. The molecule has 9 nitrogen and oxygen atoms in total. The molecule has 34 heavy (non-hydrogen) atoms. The van der Waals surface area contributed by atoms with Crippen LogP contribution in [-0.2, 0) is 6.42 Å². The molecule has 3 N–H and O–H groups in total. The number of fused-ring (bicyclic) bond motifs is 2. The molecule has 0 aliphatic heterocycles. The smallest absolute Gasteiger partial charge is 0.227 e. The van der Waals surface area contributed by atoms with Crippen LogP contribution in [0.2, 0.25) is 0 Å². The van der Waals surface area contributed by atoms with Crippen molar-refractivity contribution in [3.05, 3.63) is 90.6 Å². The topological polar surface area (TPSA) is 125 Å². The fourth-order valence-electron chi connectivity index (χ4n) is 3.87. The number of H-pyrrole nitrogens is 2. The fraction of sp³-hybridized carbons (Fsp3) is 0.0400. The van der Waals surface area contributed by atoms with Crippen LogP contribution in [0, 0.1) is 0 Å². The summed E-state index contributed by atoms with van der Waals surface area (Å²) in [6.45, 7) is 0. The molecule has 0 saturated carbocycles. The molecule has 6 rings (SSSR count). The Morgan fingerprint density at radius 3 is 2.76 bits per heavy atom. The number of rotatable bonds is 6. The van der Waals surface area contributed by atoms with E-state index in [4.69, 9.17) is 0 Å². The summed E-state index contributed by atoms with van der Waals surface area (Å²) in [5.74, 6) is 0.489. The number of anilines is 2. The lowest BCUT2D eigenvalue weighted by molar-refractivity contribution is 0.0989. The van der Waals surface area contributed by atoms with Crippen molar-refractivity contribution in [1.82, 2.24) is 35.3 Å². The summed E-state index contributed by atoms with van der Waals surface area (Å²) >= 11 is 0. The van der Waals surface area contributed by atoms with Crippen LogP contribution in [0.3, 0.4) is 0 Å². The highest BCUT2D eigenvalue weighted by molar-refractivity contribution is 6.01. The third kappa shape index (κ3) is 3.86. The van der Waals surface area contributed by atoms with Crippen molar-refractivity contribution in [2.24, 2.45) is 0 Å². The summed E-state index contributed by atoms with van der Waals surface area (Å²) in [5.41, 5.74) is 5.79. The molecule has 0 aliphatic carbocycles. The Morgan fingerprint density at radius 2 is 1.85 bits per heavy atom. The van der Waals surface area contributed by atoms with Crippen LogP contribution in [-0.4, -0.2) is 41.1 Å². The molecule has 0 fully saturated rings. The number of ketones is 1. The van der Waals surface area contributed by atoms with Crippen molar-refractivity contribution in [3.8, 4) is 11.3 Å². The summed E-state index contributed by atoms with van der Waals surface area (Å²) in [4.78, 5) is 25.0. The Bertz CT molecular complexity index is 1640. The Labute approximate surface area is 193 Å². The van der Waals surface area contributed by atoms with Crippen molar-refractivity contribution in [2.75, 3.05) is 5.32 Å². The highest BCUT2D eigenvalue weighted by atomic mass is 16.1. The van der Waals surface area contributed by atoms with E-state index in [1.807, 2.05) is 48.5 Å². The first-order valence-electron chi connectivity index (χ1n) is 10.7. The van der Waals surface area contributed by atoms with E-state index in [9.17, 15) is 4.79 Å². The van der Waals surface area contributed by atoms with E-state index < -0.39 is 0 Å². The quantitative estimate of drug-likeness (QED) is 0.323. The lowest BCUT2D eigenvalue weighted by Gasteiger charge is -2.07. The van der Waals surface area contributed by atoms with Gasteiger partial charge in [0.2, 0.25) is 5.95 Å². The van der Waals surface area contributed by atoms with Gasteiger partial charge in [0.1, 0.15) is 0 Å². The molecule has 0 bridgehead atoms. The van der Waals surface area contributed by atoms with Crippen LogP contribution >= 0.6 is 0 Å². The van der Waals surface area contributed by atoms with E-state index in [0.717, 1.165) is 44.3 Å². The molecule has 0 spiro atoms. The minimum Gasteiger partial charge on any atom is -0.352 e. The maximum Gasteiger partial charge on any atom is 0.227 e. The van der Waals surface area contributed by atoms with E-state index in [1.54, 1.807) is 30.9 Å². The molecular formula is C25H18N8O. The van der Waals surface area contributed by atoms with Gasteiger partial charge in [-0.1, -0.05) is 12.1 Å². The number of hydrogen-bond donors (Lipinski definition) is 3. The lowest BCUT2D eigenvalue weighted by Crippen LogP contribution is -2.04. The standard InChI is InChI=1S/C25H18N8O/c34-24(9-15-5-8-27-28-13-15)23-12-17-2-1-16(11-22(17)31-23)20-6-7-26-25(32-20)30-19-3-4-21-18(10-19)14-29-33-21/h1-8,10-14,31H,9H2,(H,29,33)(H,26,30,32). The first-order chi connectivity index (χ1) is 16.7. The van der Waals surface area contributed by atoms with Crippen LogP contribution in [0.25, 0.3) is 33.1 Å². The molecule has 0 unspecified atom stereocenters. The SMILES string of the molecule is O=C(Cc1ccnnc1)c1cc2ccc(-c3ccnc(Nc4ccc5[nH]ncc5c4)n3)cc2[nH]1. The number of carbonyl (C=O) groups excluding carboxylic acids is 1. The van der Waals surface area contributed by atoms with Gasteiger partial charge in [0.05, 0.1) is 29.3 Å². The molecule has 164 valence electrons. The van der Waals surface area contributed by atoms with Gasteiger partial charge in [-0.3, -0.25) is 9.89 Å². The van der Waals surface area contributed by atoms with Crippen LogP contribution in [0.4, 0.5) is 11.6 Å². The molecule has 0 amide bonds. The van der Waals surface area contributed by atoms with E-state index in [0.29, 0.717) is 11.6 Å². The molecule has 0 saturated heterocycles. The molecule has 0 radical (unpaired) electrons. The number of nitrogens with one attached hydrogen (secondary N) is 3. The lowest BCUT2D eigenvalue weighted by atomic mass is 10.1. The molecule has 2 aromatic carbocycles. The number of nitrogens with zero attached hydrogens (tertiary/aromatic N) is 5. The molecule has 6 aromatic rings. The second-order valence-corrected chi connectivity index (χ2v) is 7.90. The van der Waals surface area contributed by atoms with E-state index >= 15 is 0 Å². The maximum absolute atomic E-state index is 12.7. The van der Waals surface area contributed by atoms with Gasteiger partial charge in [0.25, 0.3) is 0 Å². The van der Waals surface area contributed by atoms with Crippen LogP contribution in [0.5, 0.6) is 0 Å². The predicted octanol–water partition coefficient (Wildman–Crippen LogP) is 4.46. The monoisotopic (exact) mass is 446 g/mol. The molecule has 0 atom stereocenters. The summed E-state index contributed by atoms with van der Waals surface area (Å²) in [7, 11) is 0. The largest absolute Gasteiger partial charge is 0.352 e. The van der Waals surface area contributed by atoms with Crippen molar-refractivity contribution in [2.45, 2.75) is 6.42 Å². The second kappa shape index (κ2) is 8.21. The van der Waals surface area contributed by atoms with Crippen molar-refractivity contribution < 1.29 is 4.79 Å². The Morgan fingerprint density at radius 1 is 0.882 bits per heavy atom. The van der Waals surface area contributed by atoms with E-state index in [2.05, 4.69) is 40.7 Å². The number of aromatic nitrogens is 7. The van der Waals surface area contributed by atoms with Crippen molar-refractivity contribution >= 4 is 39.2 Å². The number of carbonyl (C=O) groups is 1. The van der Waals surface area contributed by atoms with Crippen LogP contribution in [0.15, 0.2) is 79.4 Å². The van der Waals surface area contributed by atoms with Crippen molar-refractivity contribution in [1.29, 1.82) is 0 Å². The summed E-state index contributed by atoms with van der Waals surface area (Å²) in [6.07, 6.45) is 6.95. The first kappa shape index (κ1) is 19.7. The minimum atomic E-state index is -0.00568. The number of benzene rings is 2. The van der Waals surface area contributed by atoms with Gasteiger partial charge in [0, 0.05) is 46.4 Å². The Balaban J connectivity index is 1.25. The predicted molar refractivity (Wildman–Crippen MR) is 129 cm³/mol. The normalized spacial score (nSPS) is 11.2. The Hall–Kier alpha value is -4.92. The zero-order valence-corrected chi connectivity index (χ0v) is 17.9. The zero-order chi connectivity index (χ0) is 22.9. The summed E-state index contributed by atoms with van der Waals surface area (Å²) < 4.78 is 0. The van der Waals surface area contributed by atoms with Gasteiger partial charge in [-0.2, -0.15) is 15.3 Å². The fourth-order valence-corrected chi connectivity index (χ4v) is 3.87. The van der Waals surface area contributed by atoms with E-state index in [-0.39, 0.29) is 12.2 Å². The highest BCUT2D eigenvalue weighted by Gasteiger charge is 2.12. The van der Waals surface area contributed by atoms with Crippen LogP contribution in [0.1, 0.15) is 16.1 Å². The maximum atomic E-state index is 12.7. The second-order valence-electron chi connectivity index (χ2n) is 7.90. The number of Topliss-reactive ketones (excluding diaryl/α,β-unsaturated/α-hetero) is 1. The third-order valence-corrected chi connectivity index (χ3v) is 5.58. The average Bonchev–Trinajstić information content (AvgIpc) is 3.51. The molecule has 9 heteroatoms. The van der Waals surface area contributed by atoms with Gasteiger partial charge in [-0.15, -0.1) is 0 Å². The van der Waals surface area contributed by atoms with Crippen LogP contribution < -0.4 is 5.32 Å². The molecule has 4 aromatic heterocycles. The van der Waals surface area contributed by atoms with Gasteiger partial charge < -0.3 is 10.3 Å². The number of aromatic amines is 2. The highest BCUT2D eigenvalue weighted by Crippen LogP contribution is 2.26. The van der Waals surface area contributed by atoms with Gasteiger partial charge in [-0.05, 0) is 48.0 Å². The third-order valence-electron chi connectivity index (χ3n) is 5.58. The van der Waals surface area contributed by atoms with Crippen molar-refractivity contribution in [3.63, 3.8) is 0 Å². The molecule has 4 heterocycles.